The number of non-ortho nitro benzene ring substituents is 1. The molecule has 0 aliphatic rings. The predicted octanol–water partition coefficient (Wildman–Crippen LogP) is 7.22. The molecule has 1 aromatic heterocycles. The van der Waals surface area contributed by atoms with Crippen LogP contribution in [0.2, 0.25) is 0 Å². The van der Waals surface area contributed by atoms with E-state index in [9.17, 15) is 28.1 Å². The maximum atomic E-state index is 13.5. The second kappa shape index (κ2) is 12.1. The van der Waals surface area contributed by atoms with Crippen LogP contribution in [-0.4, -0.2) is 27.9 Å². The summed E-state index contributed by atoms with van der Waals surface area (Å²) in [6.45, 7) is 0.0242. The van der Waals surface area contributed by atoms with Gasteiger partial charge in [-0.1, -0.05) is 36.4 Å². The van der Waals surface area contributed by atoms with Crippen molar-refractivity contribution in [3.8, 4) is 22.9 Å². The van der Waals surface area contributed by atoms with Crippen LogP contribution in [0.3, 0.4) is 0 Å². The molecule has 5 rings (SSSR count). The number of ether oxygens (including phenoxy) is 2. The summed E-state index contributed by atoms with van der Waals surface area (Å²) in [6, 6.07) is 20.2. The molecule has 1 heterocycles. The SMILES string of the molecule is COc1cc(C=Nn2c(-c3cccc(C(F)(F)F)c3)nc3ccccc3c2=O)c(Br)cc1OCc1cccc([N+](=O)[O-])c1. The summed E-state index contributed by atoms with van der Waals surface area (Å²) in [5.41, 5.74) is -0.150. The van der Waals surface area contributed by atoms with Crippen LogP contribution in [0.5, 0.6) is 11.5 Å². The van der Waals surface area contributed by atoms with E-state index >= 15 is 0 Å². The number of halogens is 4. The van der Waals surface area contributed by atoms with Crippen molar-refractivity contribution in [3.05, 3.63) is 127 Å². The first-order chi connectivity index (χ1) is 20.5. The first kappa shape index (κ1) is 29.5. The number of rotatable bonds is 8. The number of hydrogen-bond donors (Lipinski definition) is 0. The summed E-state index contributed by atoms with van der Waals surface area (Å²) in [5.74, 6) is 0.551. The molecule has 0 bridgehead atoms. The molecule has 0 aliphatic heterocycles. The Labute approximate surface area is 250 Å². The lowest BCUT2D eigenvalue weighted by molar-refractivity contribution is -0.384. The van der Waals surface area contributed by atoms with E-state index in [4.69, 9.17) is 9.47 Å². The Kier molecular flexibility index (Phi) is 8.26. The summed E-state index contributed by atoms with van der Waals surface area (Å²) in [7, 11) is 1.42. The Morgan fingerprint density at radius 1 is 1.02 bits per heavy atom. The zero-order chi connectivity index (χ0) is 30.7. The molecule has 0 radical (unpaired) electrons. The summed E-state index contributed by atoms with van der Waals surface area (Å²) in [4.78, 5) is 28.5. The largest absolute Gasteiger partial charge is 0.493 e. The fourth-order valence-corrected chi connectivity index (χ4v) is 4.64. The lowest BCUT2D eigenvalue weighted by atomic mass is 10.1. The number of benzene rings is 4. The molecule has 43 heavy (non-hydrogen) atoms. The molecule has 0 amide bonds. The molecule has 0 atom stereocenters. The van der Waals surface area contributed by atoms with E-state index in [0.29, 0.717) is 32.6 Å². The van der Waals surface area contributed by atoms with E-state index < -0.39 is 22.2 Å². The zero-order valence-corrected chi connectivity index (χ0v) is 23.8. The van der Waals surface area contributed by atoms with Gasteiger partial charge in [0.05, 0.1) is 34.7 Å². The molecule has 0 saturated carbocycles. The number of alkyl halides is 3. The van der Waals surface area contributed by atoms with Gasteiger partial charge in [0, 0.05) is 27.7 Å². The van der Waals surface area contributed by atoms with Crippen LogP contribution >= 0.6 is 15.9 Å². The van der Waals surface area contributed by atoms with E-state index in [1.165, 1.54) is 37.6 Å². The average molecular weight is 653 g/mol. The first-order valence-electron chi connectivity index (χ1n) is 12.5. The van der Waals surface area contributed by atoms with Crippen LogP contribution in [0.4, 0.5) is 18.9 Å². The van der Waals surface area contributed by atoms with Gasteiger partial charge >= 0.3 is 6.18 Å². The number of hydrogen-bond acceptors (Lipinski definition) is 7. The number of aromatic nitrogens is 2. The molecule has 0 fully saturated rings. The molecular weight excluding hydrogens is 633 g/mol. The fourth-order valence-electron chi connectivity index (χ4n) is 4.22. The highest BCUT2D eigenvalue weighted by Gasteiger charge is 2.31. The van der Waals surface area contributed by atoms with Gasteiger partial charge in [0.15, 0.2) is 17.3 Å². The zero-order valence-electron chi connectivity index (χ0n) is 22.2. The van der Waals surface area contributed by atoms with Gasteiger partial charge in [-0.05, 0) is 57.9 Å². The summed E-state index contributed by atoms with van der Waals surface area (Å²) in [6.07, 6.45) is -3.26. The molecule has 4 aromatic carbocycles. The lowest BCUT2D eigenvalue weighted by Crippen LogP contribution is -2.20. The van der Waals surface area contributed by atoms with Crippen LogP contribution < -0.4 is 15.0 Å². The van der Waals surface area contributed by atoms with Crippen LogP contribution in [0.25, 0.3) is 22.3 Å². The highest BCUT2D eigenvalue weighted by atomic mass is 79.9. The van der Waals surface area contributed by atoms with Gasteiger partial charge in [-0.2, -0.15) is 22.9 Å². The van der Waals surface area contributed by atoms with E-state index in [0.717, 1.165) is 16.8 Å². The van der Waals surface area contributed by atoms with Gasteiger partial charge in [0.1, 0.15) is 6.61 Å². The van der Waals surface area contributed by atoms with E-state index in [1.807, 2.05) is 0 Å². The van der Waals surface area contributed by atoms with E-state index in [2.05, 4.69) is 26.0 Å². The minimum atomic E-state index is -4.60. The monoisotopic (exact) mass is 652 g/mol. The second-order valence-electron chi connectivity index (χ2n) is 9.13. The number of nitrogens with zero attached hydrogens (tertiary/aromatic N) is 4. The van der Waals surface area contributed by atoms with Crippen molar-refractivity contribution in [1.29, 1.82) is 0 Å². The highest BCUT2D eigenvalue weighted by Crippen LogP contribution is 2.34. The van der Waals surface area contributed by atoms with Crippen LogP contribution in [0.15, 0.2) is 99.3 Å². The summed E-state index contributed by atoms with van der Waals surface area (Å²) in [5, 5.41) is 15.6. The maximum absolute atomic E-state index is 13.5. The average Bonchev–Trinajstić information content (AvgIpc) is 3.00. The van der Waals surface area contributed by atoms with Gasteiger partial charge in [0.2, 0.25) is 0 Å². The molecular formula is C30H20BrF3N4O5. The van der Waals surface area contributed by atoms with Crippen molar-refractivity contribution >= 4 is 38.7 Å². The van der Waals surface area contributed by atoms with Crippen LogP contribution in [0.1, 0.15) is 16.7 Å². The molecule has 0 N–H and O–H groups in total. The van der Waals surface area contributed by atoms with Gasteiger partial charge in [0.25, 0.3) is 11.2 Å². The predicted molar refractivity (Wildman–Crippen MR) is 158 cm³/mol. The molecule has 0 unspecified atom stereocenters. The standard InChI is InChI=1S/C30H20BrF3N4O5/c1-42-26-14-20(24(31)15-27(26)43-17-18-6-4-9-22(12-18)38(40)41)16-35-37-28(19-7-5-8-21(13-19)30(32,33)34)36-25-11-3-2-10-23(25)29(37)39/h2-16H,17H2,1H3. The first-order valence-corrected chi connectivity index (χ1v) is 13.3. The number of nitro benzene ring substituents is 1. The molecule has 5 aromatic rings. The molecule has 13 heteroatoms. The highest BCUT2D eigenvalue weighted by molar-refractivity contribution is 9.10. The third kappa shape index (κ3) is 6.41. The summed E-state index contributed by atoms with van der Waals surface area (Å²) < 4.78 is 53.1. The second-order valence-corrected chi connectivity index (χ2v) is 9.99. The Bertz CT molecular complexity index is 1940. The van der Waals surface area contributed by atoms with Crippen molar-refractivity contribution in [2.75, 3.05) is 7.11 Å². The van der Waals surface area contributed by atoms with Crippen molar-refractivity contribution < 1.29 is 27.6 Å². The Balaban J connectivity index is 1.53. The quantitative estimate of drug-likeness (QED) is 0.0994. The van der Waals surface area contributed by atoms with Crippen molar-refractivity contribution in [1.82, 2.24) is 9.66 Å². The smallest absolute Gasteiger partial charge is 0.416 e. The van der Waals surface area contributed by atoms with Crippen LogP contribution in [0, 0.1) is 10.1 Å². The van der Waals surface area contributed by atoms with Gasteiger partial charge in [-0.15, -0.1) is 0 Å². The molecule has 0 aliphatic carbocycles. The van der Waals surface area contributed by atoms with Crippen molar-refractivity contribution in [2.45, 2.75) is 12.8 Å². The third-order valence-electron chi connectivity index (χ3n) is 6.31. The van der Waals surface area contributed by atoms with Gasteiger partial charge in [-0.3, -0.25) is 14.9 Å². The van der Waals surface area contributed by atoms with Crippen LogP contribution in [-0.2, 0) is 12.8 Å². The molecule has 0 saturated heterocycles. The fraction of sp³-hybridized carbons (Fsp3) is 0.100. The van der Waals surface area contributed by atoms with Crippen molar-refractivity contribution in [2.24, 2.45) is 5.10 Å². The Morgan fingerprint density at radius 2 is 1.79 bits per heavy atom. The number of fused-ring (bicyclic) bond motifs is 1. The molecule has 9 nitrogen and oxygen atoms in total. The maximum Gasteiger partial charge on any atom is 0.416 e. The normalized spacial score (nSPS) is 11.7. The Hall–Kier alpha value is -5.04. The van der Waals surface area contributed by atoms with Gasteiger partial charge in [-0.25, -0.2) is 4.98 Å². The third-order valence-corrected chi connectivity index (χ3v) is 7.00. The lowest BCUT2D eigenvalue weighted by Gasteiger charge is -2.13. The number of para-hydroxylation sites is 1. The van der Waals surface area contributed by atoms with Gasteiger partial charge < -0.3 is 9.47 Å². The topological polar surface area (TPSA) is 109 Å². The Morgan fingerprint density at radius 3 is 2.53 bits per heavy atom. The minimum Gasteiger partial charge on any atom is -0.493 e. The molecule has 0 spiro atoms. The number of nitro groups is 1. The van der Waals surface area contributed by atoms with Crippen molar-refractivity contribution in [3.63, 3.8) is 0 Å². The minimum absolute atomic E-state index is 0.0242. The number of methoxy groups -OCH3 is 1. The summed E-state index contributed by atoms with van der Waals surface area (Å²) >= 11 is 3.45. The van der Waals surface area contributed by atoms with E-state index in [-0.39, 0.29) is 29.1 Å². The van der Waals surface area contributed by atoms with E-state index in [1.54, 1.807) is 48.5 Å². The molecule has 218 valence electrons.